The molecule has 1 aromatic rings. The Morgan fingerprint density at radius 3 is 2.74 bits per heavy atom. The third-order valence-electron chi connectivity index (χ3n) is 3.11. The Hall–Kier alpha value is -1.17. The standard InChI is InChI=1S/C14H19NO3S/c1-12(14-8-5-10-18-14)15-19(16,17)11-9-13-6-3-2-4-7-13/h2-4,6-7,9,11-12,14-15H,5,8,10H2,1H3. The van der Waals surface area contributed by atoms with E-state index in [9.17, 15) is 8.42 Å². The van der Waals surface area contributed by atoms with Crippen molar-refractivity contribution in [1.29, 1.82) is 0 Å². The van der Waals surface area contributed by atoms with E-state index in [0.29, 0.717) is 0 Å². The van der Waals surface area contributed by atoms with E-state index in [-0.39, 0.29) is 12.1 Å². The van der Waals surface area contributed by atoms with Crippen molar-refractivity contribution in [2.75, 3.05) is 6.61 Å². The van der Waals surface area contributed by atoms with Crippen molar-refractivity contribution in [1.82, 2.24) is 4.72 Å². The van der Waals surface area contributed by atoms with Gasteiger partial charge in [0.15, 0.2) is 0 Å². The van der Waals surface area contributed by atoms with E-state index in [1.807, 2.05) is 37.3 Å². The molecule has 104 valence electrons. The van der Waals surface area contributed by atoms with Crippen LogP contribution in [0.25, 0.3) is 6.08 Å². The summed E-state index contributed by atoms with van der Waals surface area (Å²) in [5.74, 6) is 0. The molecule has 2 atom stereocenters. The molecule has 4 nitrogen and oxygen atoms in total. The zero-order valence-corrected chi connectivity index (χ0v) is 11.8. The van der Waals surface area contributed by atoms with Gasteiger partial charge < -0.3 is 4.74 Å². The molecule has 1 fully saturated rings. The van der Waals surface area contributed by atoms with Crippen LogP contribution < -0.4 is 4.72 Å². The fourth-order valence-electron chi connectivity index (χ4n) is 2.10. The van der Waals surface area contributed by atoms with Crippen LogP contribution in [0.2, 0.25) is 0 Å². The minimum absolute atomic E-state index is 0.0140. The topological polar surface area (TPSA) is 55.4 Å². The molecular formula is C14H19NO3S. The molecule has 1 aromatic carbocycles. The van der Waals surface area contributed by atoms with Gasteiger partial charge in [0.25, 0.3) is 0 Å². The Bertz CT molecular complexity index is 519. The fourth-order valence-corrected chi connectivity index (χ4v) is 3.19. The first-order chi connectivity index (χ1) is 9.07. The summed E-state index contributed by atoms with van der Waals surface area (Å²) in [6, 6.07) is 9.14. The summed E-state index contributed by atoms with van der Waals surface area (Å²) >= 11 is 0. The Morgan fingerprint density at radius 1 is 1.37 bits per heavy atom. The van der Waals surface area contributed by atoms with Crippen LogP contribution in [0.3, 0.4) is 0 Å². The highest BCUT2D eigenvalue weighted by atomic mass is 32.2. The highest BCUT2D eigenvalue weighted by molar-refractivity contribution is 7.92. The lowest BCUT2D eigenvalue weighted by atomic mass is 10.1. The van der Waals surface area contributed by atoms with Crippen LogP contribution in [0.5, 0.6) is 0 Å². The lowest BCUT2D eigenvalue weighted by molar-refractivity contribution is 0.0903. The van der Waals surface area contributed by atoms with E-state index in [1.165, 1.54) is 5.41 Å². The van der Waals surface area contributed by atoms with Crippen molar-refractivity contribution in [3.8, 4) is 0 Å². The maximum absolute atomic E-state index is 11.9. The molecule has 0 radical (unpaired) electrons. The number of sulfonamides is 1. The van der Waals surface area contributed by atoms with E-state index >= 15 is 0 Å². The Kier molecular flexibility index (Phi) is 4.74. The number of rotatable bonds is 5. The molecular weight excluding hydrogens is 262 g/mol. The van der Waals surface area contributed by atoms with Crippen LogP contribution in [-0.2, 0) is 14.8 Å². The smallest absolute Gasteiger partial charge is 0.234 e. The highest BCUT2D eigenvalue weighted by Gasteiger charge is 2.24. The van der Waals surface area contributed by atoms with Gasteiger partial charge in [-0.1, -0.05) is 30.3 Å². The summed E-state index contributed by atoms with van der Waals surface area (Å²) in [4.78, 5) is 0. The Labute approximate surface area is 114 Å². The van der Waals surface area contributed by atoms with E-state index in [4.69, 9.17) is 4.74 Å². The minimum atomic E-state index is -3.43. The highest BCUT2D eigenvalue weighted by Crippen LogP contribution is 2.16. The maximum Gasteiger partial charge on any atom is 0.234 e. The molecule has 19 heavy (non-hydrogen) atoms. The van der Waals surface area contributed by atoms with Crippen LogP contribution in [0, 0.1) is 0 Å². The van der Waals surface area contributed by atoms with Gasteiger partial charge in [-0.25, -0.2) is 13.1 Å². The molecule has 0 amide bonds. The first kappa shape index (κ1) is 14.2. The van der Waals surface area contributed by atoms with Gasteiger partial charge >= 0.3 is 0 Å². The molecule has 1 N–H and O–H groups in total. The van der Waals surface area contributed by atoms with Crippen molar-refractivity contribution in [2.24, 2.45) is 0 Å². The average Bonchev–Trinajstić information content (AvgIpc) is 2.91. The zero-order valence-electron chi connectivity index (χ0n) is 11.0. The Balaban J connectivity index is 1.96. The summed E-state index contributed by atoms with van der Waals surface area (Å²) < 4.78 is 31.9. The molecule has 0 aliphatic carbocycles. The monoisotopic (exact) mass is 281 g/mol. The van der Waals surface area contributed by atoms with Gasteiger partial charge in [-0.15, -0.1) is 0 Å². The van der Waals surface area contributed by atoms with Gasteiger partial charge in [-0.2, -0.15) is 0 Å². The third kappa shape index (κ3) is 4.45. The molecule has 0 aromatic heterocycles. The second-order valence-corrected chi connectivity index (χ2v) is 6.31. The SMILES string of the molecule is CC(NS(=O)(=O)C=Cc1ccccc1)C1CCCO1. The third-order valence-corrected chi connectivity index (χ3v) is 4.31. The predicted octanol–water partition coefficient (Wildman–Crippen LogP) is 2.14. The molecule has 2 unspecified atom stereocenters. The number of benzene rings is 1. The quantitative estimate of drug-likeness (QED) is 0.899. The summed E-state index contributed by atoms with van der Waals surface area (Å²) in [5, 5.41) is 1.20. The first-order valence-electron chi connectivity index (χ1n) is 6.44. The number of nitrogens with one attached hydrogen (secondary N) is 1. The van der Waals surface area contributed by atoms with E-state index in [2.05, 4.69) is 4.72 Å². The van der Waals surface area contributed by atoms with Gasteiger partial charge in [0.2, 0.25) is 10.0 Å². The normalized spacial score (nSPS) is 21.8. The number of hydrogen-bond acceptors (Lipinski definition) is 3. The Morgan fingerprint density at radius 2 is 2.11 bits per heavy atom. The molecule has 1 heterocycles. The molecule has 1 saturated heterocycles. The van der Waals surface area contributed by atoms with E-state index in [0.717, 1.165) is 25.0 Å². The largest absolute Gasteiger partial charge is 0.377 e. The molecule has 1 aliphatic heterocycles. The van der Waals surface area contributed by atoms with Crippen molar-refractivity contribution >= 4 is 16.1 Å². The average molecular weight is 281 g/mol. The van der Waals surface area contributed by atoms with Crippen LogP contribution in [0.15, 0.2) is 35.7 Å². The summed E-state index contributed by atoms with van der Waals surface area (Å²) in [6.45, 7) is 2.56. The lowest BCUT2D eigenvalue weighted by Crippen LogP contribution is -2.39. The van der Waals surface area contributed by atoms with E-state index in [1.54, 1.807) is 6.08 Å². The first-order valence-corrected chi connectivity index (χ1v) is 7.98. The molecule has 1 aliphatic rings. The molecule has 2 rings (SSSR count). The summed E-state index contributed by atoms with van der Waals surface area (Å²) in [6.07, 6.45) is 3.48. The lowest BCUT2D eigenvalue weighted by Gasteiger charge is -2.18. The molecule has 5 heteroatoms. The minimum Gasteiger partial charge on any atom is -0.377 e. The van der Waals surface area contributed by atoms with Gasteiger partial charge in [0.05, 0.1) is 6.10 Å². The molecule has 0 spiro atoms. The number of ether oxygens (including phenoxy) is 1. The van der Waals surface area contributed by atoms with Gasteiger partial charge in [-0.05, 0) is 31.4 Å². The number of hydrogen-bond donors (Lipinski definition) is 1. The van der Waals surface area contributed by atoms with Crippen molar-refractivity contribution in [3.63, 3.8) is 0 Å². The van der Waals surface area contributed by atoms with Gasteiger partial charge in [0, 0.05) is 18.1 Å². The van der Waals surface area contributed by atoms with Crippen molar-refractivity contribution < 1.29 is 13.2 Å². The van der Waals surface area contributed by atoms with Gasteiger partial charge in [-0.3, -0.25) is 0 Å². The van der Waals surface area contributed by atoms with Crippen LogP contribution >= 0.6 is 0 Å². The van der Waals surface area contributed by atoms with Crippen LogP contribution in [0.4, 0.5) is 0 Å². The second-order valence-electron chi connectivity index (χ2n) is 4.72. The molecule has 0 bridgehead atoms. The zero-order chi connectivity index (χ0) is 13.7. The van der Waals surface area contributed by atoms with Crippen molar-refractivity contribution in [3.05, 3.63) is 41.3 Å². The predicted molar refractivity (Wildman–Crippen MR) is 76.0 cm³/mol. The maximum atomic E-state index is 11.9. The fraction of sp³-hybridized carbons (Fsp3) is 0.429. The van der Waals surface area contributed by atoms with Crippen molar-refractivity contribution in [2.45, 2.75) is 31.9 Å². The summed E-state index contributed by atoms with van der Waals surface area (Å²) in [7, 11) is -3.43. The van der Waals surface area contributed by atoms with Gasteiger partial charge in [0.1, 0.15) is 0 Å². The second kappa shape index (κ2) is 6.32. The van der Waals surface area contributed by atoms with Crippen LogP contribution in [-0.4, -0.2) is 27.2 Å². The van der Waals surface area contributed by atoms with E-state index < -0.39 is 10.0 Å². The van der Waals surface area contributed by atoms with Crippen LogP contribution in [0.1, 0.15) is 25.3 Å². The summed E-state index contributed by atoms with van der Waals surface area (Å²) in [5.41, 5.74) is 0.859. The molecule has 0 saturated carbocycles.